The molecule has 5 aromatic rings. The molecule has 1 aliphatic heterocycles. The van der Waals surface area contributed by atoms with Crippen LogP contribution in [0.4, 0.5) is 27.1 Å². The zero-order valence-electron chi connectivity index (χ0n) is 21.3. The smallest absolute Gasteiger partial charge is 0.196 e. The van der Waals surface area contributed by atoms with Gasteiger partial charge in [-0.1, -0.05) is 35.5 Å². The monoisotopic (exact) mass is 520 g/mol. The van der Waals surface area contributed by atoms with Gasteiger partial charge in [-0.25, -0.2) is 4.39 Å². The average molecular weight is 521 g/mol. The maximum atomic E-state index is 13.9. The molecular weight excluding hydrogens is 495 g/mol. The first-order chi connectivity index (χ1) is 19.1. The minimum atomic E-state index is -0.240. The van der Waals surface area contributed by atoms with Crippen molar-refractivity contribution in [3.63, 3.8) is 0 Å². The Morgan fingerprint density at radius 3 is 2.41 bits per heavy atom. The Morgan fingerprint density at radius 2 is 1.64 bits per heavy atom. The highest BCUT2D eigenvalue weighted by atomic mass is 19.1. The SMILES string of the molecule is COc1cccc(Nc2cc(N3CCN(c4ccc(F)cc4)CC3)c3noc4c3c2C(=O)c2ccccc2-4)c1. The van der Waals surface area contributed by atoms with Crippen LogP contribution < -0.4 is 19.9 Å². The van der Waals surface area contributed by atoms with E-state index in [0.717, 1.165) is 54.2 Å². The van der Waals surface area contributed by atoms with Gasteiger partial charge in [0.2, 0.25) is 0 Å². The maximum Gasteiger partial charge on any atom is 0.196 e. The molecule has 0 unspecified atom stereocenters. The lowest BCUT2D eigenvalue weighted by Crippen LogP contribution is -2.46. The molecule has 1 fully saturated rings. The minimum absolute atomic E-state index is 0.0654. The molecule has 0 spiro atoms. The van der Waals surface area contributed by atoms with Gasteiger partial charge >= 0.3 is 0 Å². The topological polar surface area (TPSA) is 70.8 Å². The molecule has 0 saturated carbocycles. The van der Waals surface area contributed by atoms with Gasteiger partial charge in [-0.15, -0.1) is 0 Å². The number of hydrogen-bond donors (Lipinski definition) is 1. The zero-order chi connectivity index (χ0) is 26.5. The van der Waals surface area contributed by atoms with Crippen molar-refractivity contribution in [3.05, 3.63) is 95.8 Å². The maximum absolute atomic E-state index is 13.9. The zero-order valence-corrected chi connectivity index (χ0v) is 21.3. The first-order valence-electron chi connectivity index (χ1n) is 12.9. The summed E-state index contributed by atoms with van der Waals surface area (Å²) in [6.07, 6.45) is 0. The first kappa shape index (κ1) is 23.3. The second-order valence-corrected chi connectivity index (χ2v) is 9.74. The number of fused-ring (bicyclic) bond motifs is 2. The van der Waals surface area contributed by atoms with E-state index < -0.39 is 0 Å². The lowest BCUT2D eigenvalue weighted by Gasteiger charge is -2.37. The molecule has 39 heavy (non-hydrogen) atoms. The number of piperazine rings is 1. The number of ketones is 1. The number of ether oxygens (including phenoxy) is 1. The third kappa shape index (κ3) is 3.87. The molecule has 7 rings (SSSR count). The Labute approximate surface area is 224 Å². The summed E-state index contributed by atoms with van der Waals surface area (Å²) in [5.74, 6) is 1.02. The van der Waals surface area contributed by atoms with Crippen LogP contribution in [0.15, 0.2) is 83.4 Å². The Balaban J connectivity index is 1.32. The van der Waals surface area contributed by atoms with Gasteiger partial charge < -0.3 is 24.4 Å². The Hall–Kier alpha value is -4.85. The van der Waals surface area contributed by atoms with Crippen molar-refractivity contribution in [1.29, 1.82) is 0 Å². The van der Waals surface area contributed by atoms with E-state index >= 15 is 0 Å². The van der Waals surface area contributed by atoms with Crippen LogP contribution in [0.5, 0.6) is 5.75 Å². The largest absolute Gasteiger partial charge is 0.497 e. The quantitative estimate of drug-likeness (QED) is 0.288. The predicted octanol–water partition coefficient (Wildman–Crippen LogP) is 6.26. The predicted molar refractivity (Wildman–Crippen MR) is 150 cm³/mol. The highest BCUT2D eigenvalue weighted by molar-refractivity contribution is 6.28. The summed E-state index contributed by atoms with van der Waals surface area (Å²) >= 11 is 0. The molecule has 0 radical (unpaired) electrons. The molecule has 1 aliphatic carbocycles. The Kier molecular flexibility index (Phi) is 5.47. The molecule has 1 aromatic heterocycles. The second-order valence-electron chi connectivity index (χ2n) is 9.74. The number of anilines is 4. The van der Waals surface area contributed by atoms with Gasteiger partial charge in [0.25, 0.3) is 0 Å². The molecule has 1 saturated heterocycles. The van der Waals surface area contributed by atoms with E-state index in [1.807, 2.05) is 66.7 Å². The van der Waals surface area contributed by atoms with Crippen molar-refractivity contribution in [2.45, 2.75) is 0 Å². The fourth-order valence-electron chi connectivity index (χ4n) is 5.60. The van der Waals surface area contributed by atoms with Gasteiger partial charge in [0.15, 0.2) is 11.5 Å². The highest BCUT2D eigenvalue weighted by Gasteiger charge is 2.34. The lowest BCUT2D eigenvalue weighted by atomic mass is 9.86. The number of carbonyl (C=O) groups is 1. The van der Waals surface area contributed by atoms with Crippen LogP contribution >= 0.6 is 0 Å². The number of nitrogens with one attached hydrogen (secondary N) is 1. The number of methoxy groups -OCH3 is 1. The van der Waals surface area contributed by atoms with Crippen molar-refractivity contribution in [2.24, 2.45) is 0 Å². The first-order valence-corrected chi connectivity index (χ1v) is 12.9. The van der Waals surface area contributed by atoms with E-state index in [2.05, 4.69) is 20.3 Å². The Morgan fingerprint density at radius 1 is 0.897 bits per heavy atom. The molecule has 0 bridgehead atoms. The Bertz CT molecular complexity index is 1720. The molecule has 2 aliphatic rings. The minimum Gasteiger partial charge on any atom is -0.497 e. The average Bonchev–Trinajstić information content (AvgIpc) is 3.42. The molecular formula is C31H25FN4O3. The van der Waals surface area contributed by atoms with E-state index in [1.165, 1.54) is 12.1 Å². The number of aromatic nitrogens is 1. The summed E-state index contributed by atoms with van der Waals surface area (Å²) < 4.78 is 24.8. The number of rotatable bonds is 5. The van der Waals surface area contributed by atoms with Crippen molar-refractivity contribution >= 4 is 39.4 Å². The number of benzene rings is 4. The van der Waals surface area contributed by atoms with Gasteiger partial charge in [0, 0.05) is 54.7 Å². The number of halogens is 1. The van der Waals surface area contributed by atoms with E-state index in [1.54, 1.807) is 7.11 Å². The molecule has 194 valence electrons. The summed E-state index contributed by atoms with van der Waals surface area (Å²) in [6, 6.07) is 23.7. The third-order valence-electron chi connectivity index (χ3n) is 7.54. The van der Waals surface area contributed by atoms with E-state index in [9.17, 15) is 9.18 Å². The molecule has 2 heterocycles. The van der Waals surface area contributed by atoms with Crippen LogP contribution in [0.2, 0.25) is 0 Å². The summed E-state index contributed by atoms with van der Waals surface area (Å²) in [7, 11) is 1.63. The van der Waals surface area contributed by atoms with Crippen molar-refractivity contribution in [1.82, 2.24) is 5.16 Å². The van der Waals surface area contributed by atoms with Gasteiger partial charge in [0.05, 0.1) is 29.4 Å². The van der Waals surface area contributed by atoms with Gasteiger partial charge in [-0.3, -0.25) is 4.79 Å². The van der Waals surface area contributed by atoms with Gasteiger partial charge in [-0.05, 0) is 42.5 Å². The normalized spacial score (nSPS) is 14.5. The van der Waals surface area contributed by atoms with Crippen LogP contribution in [0.25, 0.3) is 22.2 Å². The van der Waals surface area contributed by atoms with Crippen LogP contribution in [0.1, 0.15) is 15.9 Å². The summed E-state index contributed by atoms with van der Waals surface area (Å²) in [6.45, 7) is 2.99. The van der Waals surface area contributed by atoms with Crippen molar-refractivity contribution in [2.75, 3.05) is 48.4 Å². The van der Waals surface area contributed by atoms with E-state index in [0.29, 0.717) is 33.8 Å². The third-order valence-corrected chi connectivity index (χ3v) is 7.54. The standard InChI is InChI=1S/C31H25FN4O3/c1-38-22-6-4-5-20(17-22)33-25-18-26(36-15-13-35(14-16-36)21-11-9-19(32)10-12-21)29-28-27(25)30(37)23-7-2-3-8-24(23)31(28)39-34-29/h2-12,17-18,33H,13-16H2,1H3. The summed E-state index contributed by atoms with van der Waals surface area (Å²) in [5, 5.41) is 8.69. The molecule has 1 N–H and O–H groups in total. The molecule has 4 aromatic carbocycles. The molecule has 7 nitrogen and oxygen atoms in total. The van der Waals surface area contributed by atoms with Crippen molar-refractivity contribution in [3.8, 4) is 17.1 Å². The fourth-order valence-corrected chi connectivity index (χ4v) is 5.60. The van der Waals surface area contributed by atoms with E-state index in [-0.39, 0.29) is 11.6 Å². The van der Waals surface area contributed by atoms with Crippen LogP contribution in [0, 0.1) is 5.82 Å². The van der Waals surface area contributed by atoms with Crippen LogP contribution in [-0.2, 0) is 0 Å². The number of nitrogens with zero attached hydrogens (tertiary/aromatic N) is 3. The van der Waals surface area contributed by atoms with E-state index in [4.69, 9.17) is 9.26 Å². The summed E-state index contributed by atoms with van der Waals surface area (Å²) in [4.78, 5) is 18.4. The molecule has 8 heteroatoms. The lowest BCUT2D eigenvalue weighted by molar-refractivity contribution is 0.104. The van der Waals surface area contributed by atoms with Crippen molar-refractivity contribution < 1.29 is 18.4 Å². The number of carbonyl (C=O) groups excluding carboxylic acids is 1. The van der Waals surface area contributed by atoms with Crippen LogP contribution in [0.3, 0.4) is 0 Å². The highest BCUT2D eigenvalue weighted by Crippen LogP contribution is 2.46. The molecule has 0 amide bonds. The molecule has 0 atom stereocenters. The summed E-state index contributed by atoms with van der Waals surface area (Å²) in [5.41, 5.74) is 5.97. The number of hydrogen-bond acceptors (Lipinski definition) is 7. The second kappa shape index (κ2) is 9.16. The van der Waals surface area contributed by atoms with Gasteiger partial charge in [-0.2, -0.15) is 0 Å². The van der Waals surface area contributed by atoms with Crippen LogP contribution in [-0.4, -0.2) is 44.2 Å². The fraction of sp³-hybridized carbons (Fsp3) is 0.161. The van der Waals surface area contributed by atoms with Gasteiger partial charge in [0.1, 0.15) is 17.1 Å².